The lowest BCUT2D eigenvalue weighted by Crippen LogP contribution is -2.53. The van der Waals surface area contributed by atoms with Gasteiger partial charge in [-0.1, -0.05) is 70.0 Å². The monoisotopic (exact) mass is 606 g/mol. The van der Waals surface area contributed by atoms with Crippen molar-refractivity contribution in [3.8, 4) is 0 Å². The van der Waals surface area contributed by atoms with Crippen LogP contribution in [0.5, 0.6) is 0 Å². The summed E-state index contributed by atoms with van der Waals surface area (Å²) in [7, 11) is 0. The van der Waals surface area contributed by atoms with E-state index in [9.17, 15) is 19.5 Å². The molecule has 3 aliphatic heterocycles. The average Bonchev–Trinajstić information content (AvgIpc) is 3.46. The zero-order valence-corrected chi connectivity index (χ0v) is 23.6. The van der Waals surface area contributed by atoms with E-state index in [4.69, 9.17) is 16.3 Å². The molecule has 2 amide bonds. The van der Waals surface area contributed by atoms with Gasteiger partial charge in [0.2, 0.25) is 11.8 Å². The Hall–Kier alpha value is -2.07. The first-order valence-electron chi connectivity index (χ1n) is 12.3. The molecule has 2 N–H and O–H groups in total. The molecular weight excluding hydrogens is 580 g/mol. The van der Waals surface area contributed by atoms with Gasteiger partial charge in [0.15, 0.2) is 0 Å². The Kier molecular flexibility index (Phi) is 7.35. The number of rotatable bonds is 7. The summed E-state index contributed by atoms with van der Waals surface area (Å²) in [6.45, 7) is 3.42. The molecule has 37 heavy (non-hydrogen) atoms. The molecule has 5 rings (SSSR count). The SMILES string of the molecule is CCOC(=O)[C@H]1[C@@H]2SC3(CC2Br)C(C(=O)Nc2c(C)cccc2Cl)N([C@H](CO)c2ccccc2)C(=O)[C@H]13. The number of nitrogens with zero attached hydrogens (tertiary/aromatic N) is 1. The Labute approximate surface area is 233 Å². The predicted octanol–water partition coefficient (Wildman–Crippen LogP) is 4.35. The molecule has 10 heteroatoms. The lowest BCUT2D eigenvalue weighted by Gasteiger charge is -2.37. The summed E-state index contributed by atoms with van der Waals surface area (Å²) in [6, 6.07) is 12.8. The molecule has 2 aromatic rings. The van der Waals surface area contributed by atoms with Crippen LogP contribution in [0.15, 0.2) is 48.5 Å². The van der Waals surface area contributed by atoms with E-state index in [-0.39, 0.29) is 29.2 Å². The van der Waals surface area contributed by atoms with Crippen molar-refractivity contribution in [3.05, 3.63) is 64.7 Å². The van der Waals surface area contributed by atoms with Crippen LogP contribution in [0.1, 0.15) is 30.5 Å². The first-order valence-corrected chi connectivity index (χ1v) is 14.4. The number of amides is 2. The zero-order chi connectivity index (χ0) is 26.5. The number of likely N-dealkylation sites (tertiary alicyclic amines) is 1. The lowest BCUT2D eigenvalue weighted by atomic mass is 9.71. The van der Waals surface area contributed by atoms with Gasteiger partial charge in [-0.05, 0) is 37.5 Å². The molecular formula is C27H28BrClN2O5S. The molecule has 196 valence electrons. The van der Waals surface area contributed by atoms with Gasteiger partial charge in [-0.2, -0.15) is 0 Å². The highest BCUT2D eigenvalue weighted by Crippen LogP contribution is 2.68. The number of ether oxygens (including phenoxy) is 1. The van der Waals surface area contributed by atoms with Crippen LogP contribution in [0.2, 0.25) is 5.02 Å². The molecule has 7 nitrogen and oxygen atoms in total. The van der Waals surface area contributed by atoms with Gasteiger partial charge in [-0.15, -0.1) is 11.8 Å². The van der Waals surface area contributed by atoms with Gasteiger partial charge in [0.1, 0.15) is 6.04 Å². The Morgan fingerprint density at radius 3 is 2.65 bits per heavy atom. The van der Waals surface area contributed by atoms with Crippen LogP contribution in [0, 0.1) is 18.8 Å². The third kappa shape index (κ3) is 4.18. The van der Waals surface area contributed by atoms with Crippen molar-refractivity contribution in [3.63, 3.8) is 0 Å². The van der Waals surface area contributed by atoms with Gasteiger partial charge in [0.05, 0.1) is 46.5 Å². The number of aliphatic hydroxyl groups excluding tert-OH is 1. The molecule has 3 fully saturated rings. The quantitative estimate of drug-likeness (QED) is 0.359. The molecule has 0 aliphatic carbocycles. The number of hydrogen-bond acceptors (Lipinski definition) is 6. The number of benzene rings is 2. The predicted molar refractivity (Wildman–Crippen MR) is 147 cm³/mol. The molecule has 0 aromatic heterocycles. The summed E-state index contributed by atoms with van der Waals surface area (Å²) < 4.78 is 4.53. The summed E-state index contributed by atoms with van der Waals surface area (Å²) in [6.07, 6.45) is 0.525. The molecule has 3 heterocycles. The number of carbonyl (C=O) groups is 3. The molecule has 2 aromatic carbocycles. The van der Waals surface area contributed by atoms with Gasteiger partial charge < -0.3 is 20.1 Å². The van der Waals surface area contributed by atoms with Gasteiger partial charge in [0.25, 0.3) is 0 Å². The second-order valence-corrected chi connectivity index (χ2v) is 12.8. The molecule has 7 atom stereocenters. The molecule has 0 radical (unpaired) electrons. The fraction of sp³-hybridized carbons (Fsp3) is 0.444. The minimum absolute atomic E-state index is 0.0717. The number of anilines is 1. The largest absolute Gasteiger partial charge is 0.466 e. The highest BCUT2D eigenvalue weighted by Gasteiger charge is 2.76. The van der Waals surface area contributed by atoms with E-state index in [2.05, 4.69) is 21.2 Å². The molecule has 2 bridgehead atoms. The van der Waals surface area contributed by atoms with Gasteiger partial charge in [0, 0.05) is 10.1 Å². The Bertz CT molecular complexity index is 1210. The number of hydrogen-bond donors (Lipinski definition) is 2. The van der Waals surface area contributed by atoms with Crippen LogP contribution >= 0.6 is 39.3 Å². The van der Waals surface area contributed by atoms with E-state index in [1.54, 1.807) is 19.1 Å². The smallest absolute Gasteiger partial charge is 0.310 e. The number of fused-ring (bicyclic) bond motifs is 1. The van der Waals surface area contributed by atoms with Crippen molar-refractivity contribution in [1.82, 2.24) is 4.90 Å². The minimum atomic E-state index is -0.937. The molecule has 3 saturated heterocycles. The van der Waals surface area contributed by atoms with E-state index in [0.717, 1.165) is 5.56 Å². The molecule has 0 saturated carbocycles. The molecule has 3 aliphatic rings. The third-order valence-corrected chi connectivity index (χ3v) is 11.2. The van der Waals surface area contributed by atoms with Crippen molar-refractivity contribution < 1.29 is 24.2 Å². The first kappa shape index (κ1) is 26.5. The topological polar surface area (TPSA) is 95.9 Å². The second kappa shape index (κ2) is 10.2. The summed E-state index contributed by atoms with van der Waals surface area (Å²) >= 11 is 11.7. The van der Waals surface area contributed by atoms with Crippen molar-refractivity contribution in [2.24, 2.45) is 11.8 Å². The second-order valence-electron chi connectivity index (χ2n) is 9.69. The van der Waals surface area contributed by atoms with Crippen molar-refractivity contribution in [2.75, 3.05) is 18.5 Å². The maximum absolute atomic E-state index is 14.2. The van der Waals surface area contributed by atoms with Crippen LogP contribution in [0.3, 0.4) is 0 Å². The maximum Gasteiger partial charge on any atom is 0.310 e. The number of aliphatic hydroxyl groups is 1. The number of para-hydroxylation sites is 1. The minimum Gasteiger partial charge on any atom is -0.466 e. The van der Waals surface area contributed by atoms with Crippen LogP contribution < -0.4 is 5.32 Å². The van der Waals surface area contributed by atoms with Crippen LogP contribution in [-0.4, -0.2) is 61.9 Å². The number of aryl methyl sites for hydroxylation is 1. The maximum atomic E-state index is 14.2. The standard InChI is InChI=1S/C27H28BrClN2O5S/c1-3-36-26(35)19-20-25(34)31(18(13-32)15-9-5-4-6-10-15)23(27(20)12-16(28)22(19)37-27)24(33)30-21-14(2)8-7-11-17(21)29/h4-11,16,18-20,22-23,32H,3,12-13H2,1-2H3,(H,30,33)/t16?,18-,19-,20+,22-,23?,27?/m1/s1. The van der Waals surface area contributed by atoms with Crippen molar-refractivity contribution in [1.29, 1.82) is 0 Å². The van der Waals surface area contributed by atoms with E-state index in [1.165, 1.54) is 16.7 Å². The zero-order valence-electron chi connectivity index (χ0n) is 20.4. The number of esters is 1. The Morgan fingerprint density at radius 1 is 1.27 bits per heavy atom. The summed E-state index contributed by atoms with van der Waals surface area (Å²) in [5.41, 5.74) is 1.99. The van der Waals surface area contributed by atoms with Gasteiger partial charge in [-0.3, -0.25) is 14.4 Å². The van der Waals surface area contributed by atoms with Gasteiger partial charge in [-0.25, -0.2) is 0 Å². The van der Waals surface area contributed by atoms with Crippen molar-refractivity contribution >= 4 is 62.8 Å². The van der Waals surface area contributed by atoms with E-state index < -0.39 is 40.5 Å². The normalized spacial score (nSPS) is 30.8. The number of carbonyl (C=O) groups excluding carboxylic acids is 3. The number of thioether (sulfide) groups is 1. The molecule has 3 unspecified atom stereocenters. The Balaban J connectivity index is 1.63. The van der Waals surface area contributed by atoms with Crippen LogP contribution in [0.4, 0.5) is 5.69 Å². The third-order valence-electron chi connectivity index (χ3n) is 7.70. The highest BCUT2D eigenvalue weighted by atomic mass is 79.9. The fourth-order valence-electron chi connectivity index (χ4n) is 6.22. The summed E-state index contributed by atoms with van der Waals surface area (Å²) in [4.78, 5) is 43.0. The van der Waals surface area contributed by atoms with E-state index in [1.807, 2.05) is 43.3 Å². The number of nitrogens with one attached hydrogen (secondary N) is 1. The number of halogens is 2. The lowest BCUT2D eigenvalue weighted by molar-refractivity contribution is -0.154. The average molecular weight is 608 g/mol. The van der Waals surface area contributed by atoms with Crippen LogP contribution in [0.25, 0.3) is 0 Å². The molecule has 1 spiro atoms. The highest BCUT2D eigenvalue weighted by molar-refractivity contribution is 9.09. The number of alkyl halides is 1. The summed E-state index contributed by atoms with van der Waals surface area (Å²) in [5.74, 6) is -2.55. The van der Waals surface area contributed by atoms with E-state index >= 15 is 0 Å². The fourth-order valence-corrected chi connectivity index (χ4v) is 10.1. The van der Waals surface area contributed by atoms with Crippen LogP contribution in [-0.2, 0) is 19.1 Å². The first-order chi connectivity index (χ1) is 17.7. The summed E-state index contributed by atoms with van der Waals surface area (Å²) in [5, 5.41) is 13.7. The van der Waals surface area contributed by atoms with Crippen molar-refractivity contribution in [2.45, 2.75) is 47.2 Å². The van der Waals surface area contributed by atoms with E-state index in [0.29, 0.717) is 22.7 Å². The Morgan fingerprint density at radius 2 is 2.00 bits per heavy atom. The van der Waals surface area contributed by atoms with Gasteiger partial charge >= 0.3 is 5.97 Å².